The van der Waals surface area contributed by atoms with Gasteiger partial charge in [-0.2, -0.15) is 5.11 Å². The molecule has 0 atom stereocenters. The Hall–Kier alpha value is -2.82. The van der Waals surface area contributed by atoms with Crippen LogP contribution in [0.25, 0.3) is 10.9 Å². The lowest BCUT2D eigenvalue weighted by atomic mass is 10.0. The summed E-state index contributed by atoms with van der Waals surface area (Å²) in [4.78, 5) is 25.7. The third-order valence-electron chi connectivity index (χ3n) is 5.90. The van der Waals surface area contributed by atoms with E-state index < -0.39 is 5.60 Å². The largest absolute Gasteiger partial charge is 0.444 e. The number of hydrogen-bond acceptors (Lipinski definition) is 7. The van der Waals surface area contributed by atoms with Crippen LogP contribution in [-0.4, -0.2) is 52.7 Å². The number of pyridine rings is 2. The number of hydrogen-bond donors (Lipinski definition) is 0. The average Bonchev–Trinajstić information content (AvgIpc) is 2.82. The van der Waals surface area contributed by atoms with E-state index in [1.807, 2.05) is 46.0 Å². The van der Waals surface area contributed by atoms with E-state index >= 15 is 0 Å². The lowest BCUT2D eigenvalue weighted by Gasteiger charge is -2.38. The van der Waals surface area contributed by atoms with Crippen LogP contribution in [0.1, 0.15) is 39.3 Å². The molecular formula is C26H31IN6O2. The molecular weight excluding hydrogens is 555 g/mol. The Balaban J connectivity index is 1.44. The fourth-order valence-electron chi connectivity index (χ4n) is 4.12. The fourth-order valence-corrected chi connectivity index (χ4v) is 4.56. The van der Waals surface area contributed by atoms with Gasteiger partial charge in [0.05, 0.1) is 16.9 Å². The van der Waals surface area contributed by atoms with Gasteiger partial charge in [-0.1, -0.05) is 18.2 Å². The Morgan fingerprint density at radius 3 is 2.69 bits per heavy atom. The summed E-state index contributed by atoms with van der Waals surface area (Å²) in [7, 11) is 1.83. The van der Waals surface area contributed by atoms with Gasteiger partial charge in [-0.15, -0.1) is 5.11 Å². The highest BCUT2D eigenvalue weighted by Gasteiger charge is 2.29. The van der Waals surface area contributed by atoms with Gasteiger partial charge in [0.1, 0.15) is 12.1 Å². The molecule has 1 fully saturated rings. The Morgan fingerprint density at radius 2 is 1.97 bits per heavy atom. The van der Waals surface area contributed by atoms with Crippen molar-refractivity contribution in [1.29, 1.82) is 0 Å². The molecule has 2 aromatic heterocycles. The van der Waals surface area contributed by atoms with Crippen LogP contribution in [-0.2, 0) is 11.3 Å². The number of halogens is 1. The predicted molar refractivity (Wildman–Crippen MR) is 146 cm³/mol. The third-order valence-corrected chi connectivity index (χ3v) is 6.58. The first-order chi connectivity index (χ1) is 16.7. The lowest BCUT2D eigenvalue weighted by Crippen LogP contribution is -2.47. The van der Waals surface area contributed by atoms with E-state index in [0.29, 0.717) is 12.4 Å². The average molecular weight is 586 g/mol. The molecule has 35 heavy (non-hydrogen) atoms. The first-order valence-electron chi connectivity index (χ1n) is 11.8. The van der Waals surface area contributed by atoms with E-state index in [2.05, 4.69) is 67.0 Å². The number of carbonyl (C=O) groups excluding carboxylic acids is 1. The number of rotatable bonds is 5. The molecule has 0 aliphatic carbocycles. The summed E-state index contributed by atoms with van der Waals surface area (Å²) in [5.74, 6) is 0.595. The fraction of sp³-hybridized carbons (Fsp3) is 0.423. The topological polar surface area (TPSA) is 83.3 Å². The lowest BCUT2D eigenvalue weighted by molar-refractivity contribution is 0.0201. The molecule has 1 aliphatic heterocycles. The highest BCUT2D eigenvalue weighted by Crippen LogP contribution is 2.29. The van der Waals surface area contributed by atoms with Crippen molar-refractivity contribution >= 4 is 51.1 Å². The van der Waals surface area contributed by atoms with Crippen molar-refractivity contribution < 1.29 is 9.53 Å². The van der Waals surface area contributed by atoms with Crippen LogP contribution in [0.4, 0.5) is 16.3 Å². The molecule has 0 spiro atoms. The van der Waals surface area contributed by atoms with E-state index in [9.17, 15) is 4.79 Å². The molecule has 1 saturated heterocycles. The second-order valence-corrected chi connectivity index (χ2v) is 10.9. The molecule has 3 aromatic rings. The number of azo groups is 1. The highest BCUT2D eigenvalue weighted by molar-refractivity contribution is 14.1. The van der Waals surface area contributed by atoms with E-state index in [1.165, 1.54) is 0 Å². The normalized spacial score (nSPS) is 15.1. The summed E-state index contributed by atoms with van der Waals surface area (Å²) in [5, 5.41) is 9.63. The van der Waals surface area contributed by atoms with Crippen molar-refractivity contribution in [3.63, 3.8) is 0 Å². The number of benzene rings is 1. The maximum absolute atomic E-state index is 12.5. The van der Waals surface area contributed by atoms with Crippen molar-refractivity contribution in [3.8, 4) is 0 Å². The van der Waals surface area contributed by atoms with Crippen LogP contribution >= 0.6 is 22.6 Å². The molecule has 0 radical (unpaired) electrons. The summed E-state index contributed by atoms with van der Waals surface area (Å²) in [6.45, 7) is 7.76. The van der Waals surface area contributed by atoms with Gasteiger partial charge in [0, 0.05) is 41.3 Å². The van der Waals surface area contributed by atoms with Gasteiger partial charge in [0.25, 0.3) is 0 Å². The SMILES string of the molecule is CN(C(=O)OC(C)(C)C)C1CCN(c2cccc3ccc(CN=Nc4cc(I)ccn4)nc23)CC1. The quantitative estimate of drug-likeness (QED) is 0.257. The van der Waals surface area contributed by atoms with Gasteiger partial charge in [-0.3, -0.25) is 0 Å². The van der Waals surface area contributed by atoms with Crippen molar-refractivity contribution in [2.75, 3.05) is 25.0 Å². The van der Waals surface area contributed by atoms with E-state index in [4.69, 9.17) is 9.72 Å². The van der Waals surface area contributed by atoms with Crippen LogP contribution in [0, 0.1) is 3.57 Å². The van der Waals surface area contributed by atoms with Crippen LogP contribution in [0.15, 0.2) is 58.9 Å². The molecule has 0 N–H and O–H groups in total. The first-order valence-corrected chi connectivity index (χ1v) is 12.9. The van der Waals surface area contributed by atoms with E-state index in [1.54, 1.807) is 11.1 Å². The van der Waals surface area contributed by atoms with Crippen molar-refractivity contribution in [1.82, 2.24) is 14.9 Å². The Morgan fingerprint density at radius 1 is 1.20 bits per heavy atom. The smallest absolute Gasteiger partial charge is 0.410 e. The van der Waals surface area contributed by atoms with Crippen LogP contribution in [0.2, 0.25) is 0 Å². The summed E-state index contributed by atoms with van der Waals surface area (Å²) in [6.07, 6.45) is 3.22. The maximum Gasteiger partial charge on any atom is 0.410 e. The van der Waals surface area contributed by atoms with E-state index in [-0.39, 0.29) is 12.1 Å². The van der Waals surface area contributed by atoms with Crippen LogP contribution in [0.5, 0.6) is 0 Å². The standard InChI is InChI=1S/C26H31IN6O2/c1-26(2,3)35-25(34)32(4)21-11-14-33(15-12-21)22-7-5-6-18-8-9-20(30-24(18)22)17-29-31-23-16-19(27)10-13-28-23/h5-10,13,16,21H,11-12,14-15,17H2,1-4H3. The monoisotopic (exact) mass is 586 g/mol. The zero-order valence-electron chi connectivity index (χ0n) is 20.6. The van der Waals surface area contributed by atoms with Gasteiger partial charge >= 0.3 is 6.09 Å². The van der Waals surface area contributed by atoms with Crippen LogP contribution in [0.3, 0.4) is 0 Å². The molecule has 0 bridgehead atoms. The number of ether oxygens (including phenoxy) is 1. The molecule has 0 unspecified atom stereocenters. The zero-order chi connectivity index (χ0) is 25.0. The summed E-state index contributed by atoms with van der Waals surface area (Å²) in [6, 6.07) is 14.3. The molecule has 0 saturated carbocycles. The highest BCUT2D eigenvalue weighted by atomic mass is 127. The molecule has 3 heterocycles. The number of amides is 1. The number of piperidine rings is 1. The molecule has 184 valence electrons. The summed E-state index contributed by atoms with van der Waals surface area (Å²) < 4.78 is 6.61. The van der Waals surface area contributed by atoms with Gasteiger partial charge in [-0.05, 0) is 80.5 Å². The maximum atomic E-state index is 12.5. The number of nitrogens with zero attached hydrogens (tertiary/aromatic N) is 6. The molecule has 1 aromatic carbocycles. The second-order valence-electron chi connectivity index (χ2n) is 9.69. The van der Waals surface area contributed by atoms with Crippen molar-refractivity contribution in [2.45, 2.75) is 51.8 Å². The molecule has 1 aliphatic rings. The van der Waals surface area contributed by atoms with Gasteiger partial charge in [-0.25, -0.2) is 14.8 Å². The van der Waals surface area contributed by atoms with Gasteiger partial charge in [0.15, 0.2) is 5.82 Å². The molecule has 4 rings (SSSR count). The molecule has 9 heteroatoms. The first kappa shape index (κ1) is 25.3. The predicted octanol–water partition coefficient (Wildman–Crippen LogP) is 6.35. The third kappa shape index (κ3) is 6.65. The Labute approximate surface area is 219 Å². The number of aromatic nitrogens is 2. The van der Waals surface area contributed by atoms with Gasteiger partial charge in [0.2, 0.25) is 0 Å². The number of para-hydroxylation sites is 1. The minimum atomic E-state index is -0.492. The number of fused-ring (bicyclic) bond motifs is 1. The van der Waals surface area contributed by atoms with Gasteiger partial charge < -0.3 is 14.5 Å². The zero-order valence-corrected chi connectivity index (χ0v) is 22.8. The second kappa shape index (κ2) is 10.8. The minimum Gasteiger partial charge on any atom is -0.444 e. The number of carbonyl (C=O) groups is 1. The van der Waals surface area contributed by atoms with Crippen LogP contribution < -0.4 is 4.90 Å². The minimum absolute atomic E-state index is 0.162. The number of anilines is 1. The van der Waals surface area contributed by atoms with Crippen molar-refractivity contribution in [2.24, 2.45) is 10.2 Å². The Kier molecular flexibility index (Phi) is 7.83. The molecule has 8 nitrogen and oxygen atoms in total. The molecule has 1 amide bonds. The summed E-state index contributed by atoms with van der Waals surface area (Å²) >= 11 is 2.23. The summed E-state index contributed by atoms with van der Waals surface area (Å²) in [5.41, 5.74) is 2.44. The van der Waals surface area contributed by atoms with E-state index in [0.717, 1.165) is 51.8 Å². The Bertz CT molecular complexity index is 1220. The van der Waals surface area contributed by atoms with Crippen molar-refractivity contribution in [3.05, 3.63) is 57.9 Å².